The van der Waals surface area contributed by atoms with E-state index in [0.29, 0.717) is 0 Å². The van der Waals surface area contributed by atoms with Crippen molar-refractivity contribution in [1.82, 2.24) is 0 Å². The molecule has 0 aromatic rings. The molecule has 0 atom stereocenters. The Bertz CT molecular complexity index is 229. The van der Waals surface area contributed by atoms with Crippen LogP contribution in [0.1, 0.15) is 84.0 Å². The largest absolute Gasteiger partial charge is 1.00 e. The van der Waals surface area contributed by atoms with Gasteiger partial charge in [0, 0.05) is 0 Å². The molecule has 23 heavy (non-hydrogen) atoms. The molecular formula is C18H38Br2ClNO. The summed E-state index contributed by atoms with van der Waals surface area (Å²) in [5.41, 5.74) is 1.85. The van der Waals surface area contributed by atoms with Crippen LogP contribution in [0.3, 0.4) is 0 Å². The number of aliphatic hydroxyl groups excluding tert-OH is 1. The second kappa shape index (κ2) is 19.5. The molecular weight excluding hydrogens is 441 g/mol. The fourth-order valence-corrected chi connectivity index (χ4v) is 4.72. The monoisotopic (exact) mass is 477 g/mol. The minimum Gasteiger partial charge on any atom is -1.00 e. The van der Waals surface area contributed by atoms with Crippen molar-refractivity contribution in [3.8, 4) is 0 Å². The third kappa shape index (κ3) is 15.2. The number of quaternary nitrogens is 1. The fraction of sp³-hybridized carbons (Fsp3) is 1.00. The molecule has 0 rings (SSSR count). The van der Waals surface area contributed by atoms with Crippen molar-refractivity contribution in [2.45, 2.75) is 84.0 Å². The van der Waals surface area contributed by atoms with Gasteiger partial charge in [0.05, 0.1) is 13.2 Å². The summed E-state index contributed by atoms with van der Waals surface area (Å²) in [4.78, 5) is 0. The van der Waals surface area contributed by atoms with Gasteiger partial charge in [-0.25, -0.2) is 0 Å². The van der Waals surface area contributed by atoms with Gasteiger partial charge in [-0.3, -0.25) is 0 Å². The number of halogens is 3. The van der Waals surface area contributed by atoms with Gasteiger partial charge in [-0.15, -0.1) is 0 Å². The van der Waals surface area contributed by atoms with Crippen LogP contribution in [-0.4, -0.2) is 40.2 Å². The minimum atomic E-state index is 0. The number of alkyl halides is 2. The van der Waals surface area contributed by atoms with E-state index in [1.54, 1.807) is 0 Å². The smallest absolute Gasteiger partial charge is 0.135 e. The number of unbranched alkanes of at least 4 members (excludes halogenated alkanes) is 11. The average molecular weight is 480 g/mol. The third-order valence-corrected chi connectivity index (χ3v) is 6.70. The van der Waals surface area contributed by atoms with Gasteiger partial charge in [0.15, 0.2) is 0 Å². The van der Waals surface area contributed by atoms with Gasteiger partial charge < -0.3 is 22.0 Å². The Kier molecular flexibility index (Phi) is 22.4. The van der Waals surface area contributed by atoms with E-state index in [2.05, 4.69) is 38.8 Å². The molecule has 0 aliphatic heterocycles. The molecule has 0 spiro atoms. The first-order valence-electron chi connectivity index (χ1n) is 9.32. The Morgan fingerprint density at radius 2 is 1.04 bits per heavy atom. The molecule has 0 aliphatic carbocycles. The number of nitrogens with zero attached hydrogens (tertiary/aromatic N) is 1. The number of aliphatic hydroxyl groups is 1. The summed E-state index contributed by atoms with van der Waals surface area (Å²) >= 11 is 7.20. The first kappa shape index (κ1) is 26.4. The quantitative estimate of drug-likeness (QED) is 0.147. The number of hydrogen-bond acceptors (Lipinski definition) is 1. The predicted octanol–water partition coefficient (Wildman–Crippen LogP) is 3.21. The van der Waals surface area contributed by atoms with Crippen molar-refractivity contribution in [3.63, 3.8) is 0 Å². The predicted molar refractivity (Wildman–Crippen MR) is 106 cm³/mol. The lowest BCUT2D eigenvalue weighted by Gasteiger charge is -2.34. The molecule has 0 aromatic heterocycles. The van der Waals surface area contributed by atoms with Gasteiger partial charge in [-0.2, -0.15) is 0 Å². The maximum absolute atomic E-state index is 9.20. The van der Waals surface area contributed by atoms with Gasteiger partial charge in [-0.05, 0) is 44.7 Å². The Morgan fingerprint density at radius 3 is 1.39 bits per heavy atom. The van der Waals surface area contributed by atoms with Crippen molar-refractivity contribution in [3.05, 3.63) is 0 Å². The molecule has 0 unspecified atom stereocenters. The maximum Gasteiger partial charge on any atom is 0.135 e. The van der Waals surface area contributed by atoms with E-state index >= 15 is 0 Å². The summed E-state index contributed by atoms with van der Waals surface area (Å²) in [6.07, 6.45) is 16.8. The van der Waals surface area contributed by atoms with E-state index in [0.717, 1.165) is 28.5 Å². The minimum absolute atomic E-state index is 0. The molecule has 0 amide bonds. The zero-order chi connectivity index (χ0) is 16.5. The number of rotatable bonds is 17. The van der Waals surface area contributed by atoms with Crippen molar-refractivity contribution < 1.29 is 22.0 Å². The second-order valence-corrected chi connectivity index (χ2v) is 7.64. The molecule has 0 heterocycles. The van der Waals surface area contributed by atoms with Crippen LogP contribution in [0.25, 0.3) is 0 Å². The molecule has 0 saturated carbocycles. The van der Waals surface area contributed by atoms with Crippen molar-refractivity contribution in [2.75, 3.05) is 30.6 Å². The average Bonchev–Trinajstić information content (AvgIpc) is 2.55. The lowest BCUT2D eigenvalue weighted by atomic mass is 10.1. The van der Waals surface area contributed by atoms with Gasteiger partial charge >= 0.3 is 0 Å². The standard InChI is InChI=1S/C18H38Br2NO.ClH/c1-2-3-4-5-6-7-8-9-10-11-12-13-14-21(17-19,18-20)15-16-22;/h22H,2-18H2,1H3;1H/q+1;/p-1. The molecule has 0 aliphatic rings. The molecule has 1 N–H and O–H groups in total. The lowest BCUT2D eigenvalue weighted by Crippen LogP contribution is -3.00. The molecule has 0 bridgehead atoms. The first-order chi connectivity index (χ1) is 10.7. The van der Waals surface area contributed by atoms with Crippen LogP contribution in [0.15, 0.2) is 0 Å². The van der Waals surface area contributed by atoms with Gasteiger partial charge in [0.25, 0.3) is 0 Å². The highest BCUT2D eigenvalue weighted by atomic mass is 79.9. The Balaban J connectivity index is 0. The summed E-state index contributed by atoms with van der Waals surface area (Å²) in [7, 11) is 0. The summed E-state index contributed by atoms with van der Waals surface area (Å²) in [6, 6.07) is 0. The molecule has 5 heteroatoms. The highest BCUT2D eigenvalue weighted by molar-refractivity contribution is 9.09. The Labute approximate surface area is 168 Å². The van der Waals surface area contributed by atoms with Gasteiger partial charge in [-0.1, -0.05) is 71.1 Å². The third-order valence-electron chi connectivity index (χ3n) is 4.57. The molecule has 0 fully saturated rings. The van der Waals surface area contributed by atoms with Crippen molar-refractivity contribution in [2.24, 2.45) is 0 Å². The van der Waals surface area contributed by atoms with E-state index in [4.69, 9.17) is 0 Å². The molecule has 0 radical (unpaired) electrons. The topological polar surface area (TPSA) is 20.2 Å². The van der Waals surface area contributed by atoms with Gasteiger partial charge in [0.2, 0.25) is 0 Å². The molecule has 142 valence electrons. The lowest BCUT2D eigenvalue weighted by molar-refractivity contribution is -0.902. The van der Waals surface area contributed by atoms with E-state index in [1.807, 2.05) is 0 Å². The molecule has 2 nitrogen and oxygen atoms in total. The summed E-state index contributed by atoms with van der Waals surface area (Å²) in [5, 5.41) is 9.20. The molecule has 0 aromatic carbocycles. The van der Waals surface area contributed by atoms with Crippen LogP contribution >= 0.6 is 31.9 Å². The van der Waals surface area contributed by atoms with Crippen LogP contribution in [-0.2, 0) is 0 Å². The fourth-order valence-electron chi connectivity index (χ4n) is 2.88. The summed E-state index contributed by atoms with van der Waals surface area (Å²) in [6.45, 7) is 4.56. The highest BCUT2D eigenvalue weighted by Gasteiger charge is 2.23. The van der Waals surface area contributed by atoms with Crippen LogP contribution in [0.2, 0.25) is 0 Å². The van der Waals surface area contributed by atoms with Crippen LogP contribution in [0.4, 0.5) is 0 Å². The van der Waals surface area contributed by atoms with Gasteiger partial charge in [0.1, 0.15) is 17.5 Å². The van der Waals surface area contributed by atoms with Crippen LogP contribution in [0.5, 0.6) is 0 Å². The van der Waals surface area contributed by atoms with E-state index < -0.39 is 0 Å². The van der Waals surface area contributed by atoms with Crippen LogP contribution < -0.4 is 12.4 Å². The summed E-state index contributed by atoms with van der Waals surface area (Å²) < 4.78 is 0.939. The SMILES string of the molecule is CCCCCCCCCCCCCC[N+](CBr)(CBr)CCO.[Cl-]. The van der Waals surface area contributed by atoms with E-state index in [1.165, 1.54) is 77.0 Å². The van der Waals surface area contributed by atoms with E-state index in [-0.39, 0.29) is 19.0 Å². The highest BCUT2D eigenvalue weighted by Crippen LogP contribution is 2.17. The Morgan fingerprint density at radius 1 is 0.652 bits per heavy atom. The van der Waals surface area contributed by atoms with Crippen molar-refractivity contribution in [1.29, 1.82) is 0 Å². The zero-order valence-corrected chi connectivity index (χ0v) is 19.0. The van der Waals surface area contributed by atoms with E-state index in [9.17, 15) is 5.11 Å². The van der Waals surface area contributed by atoms with Crippen LogP contribution in [0, 0.1) is 0 Å². The Hall–Kier alpha value is 1.17. The number of hydrogen-bond donors (Lipinski definition) is 1. The van der Waals surface area contributed by atoms with Crippen molar-refractivity contribution >= 4 is 31.9 Å². The summed E-state index contributed by atoms with van der Waals surface area (Å²) in [5.74, 6) is 0. The molecule has 0 saturated heterocycles. The zero-order valence-electron chi connectivity index (χ0n) is 15.0. The maximum atomic E-state index is 9.20. The normalized spacial score (nSPS) is 11.5. The first-order valence-corrected chi connectivity index (χ1v) is 11.6. The second-order valence-electron chi connectivity index (χ2n) is 6.64.